The van der Waals surface area contributed by atoms with Crippen molar-refractivity contribution in [3.05, 3.63) is 16.7 Å². The Morgan fingerprint density at radius 2 is 1.70 bits per heavy atom. The second kappa shape index (κ2) is 4.30. The molecule has 0 fully saturated rings. The van der Waals surface area contributed by atoms with Gasteiger partial charge in [-0.15, -0.1) is 0 Å². The van der Waals surface area contributed by atoms with E-state index in [1.165, 1.54) is 0 Å². The Labute approximate surface area is 117 Å². The van der Waals surface area contributed by atoms with Crippen LogP contribution in [0.4, 0.5) is 0 Å². The number of rotatable bonds is 2. The zero-order chi connectivity index (χ0) is 14.6. The molecule has 1 aromatic rings. The van der Waals surface area contributed by atoms with Crippen LogP contribution in [0.1, 0.15) is 43.4 Å². The number of benzene rings is 1. The summed E-state index contributed by atoms with van der Waals surface area (Å²) in [5.74, 6) is -0.483. The molecule has 2 aliphatic heterocycles. The first-order chi connectivity index (χ1) is 9.40. The van der Waals surface area contributed by atoms with Crippen LogP contribution < -0.4 is 9.47 Å². The van der Waals surface area contributed by atoms with E-state index in [1.807, 2.05) is 13.8 Å². The molecule has 0 bridgehead atoms. The molecule has 108 valence electrons. The highest BCUT2D eigenvalue weighted by Gasteiger charge is 2.38. The Balaban J connectivity index is 2.25. The largest absolute Gasteiger partial charge is 0.504 e. The molecule has 2 N–H and O–H groups in total. The minimum atomic E-state index is -0.900. The lowest BCUT2D eigenvalue weighted by Crippen LogP contribution is -2.13. The van der Waals surface area contributed by atoms with Gasteiger partial charge in [0.25, 0.3) is 0 Å². The molecule has 0 spiro atoms. The summed E-state index contributed by atoms with van der Waals surface area (Å²) in [4.78, 5) is 11.4. The second-order valence-corrected chi connectivity index (χ2v) is 5.70. The predicted octanol–water partition coefficient (Wildman–Crippen LogP) is 2.23. The Hall–Kier alpha value is -1.91. The zero-order valence-corrected chi connectivity index (χ0v) is 11.8. The molecule has 5 heteroatoms. The lowest BCUT2D eigenvalue weighted by Gasteiger charge is -2.17. The van der Waals surface area contributed by atoms with Gasteiger partial charge in [-0.3, -0.25) is 4.79 Å². The highest BCUT2D eigenvalue weighted by atomic mass is 16.5. The third-order valence-corrected chi connectivity index (χ3v) is 4.04. The number of carbonyl (C=O) groups is 1. The summed E-state index contributed by atoms with van der Waals surface area (Å²) >= 11 is 0. The van der Waals surface area contributed by atoms with Crippen molar-refractivity contribution in [1.29, 1.82) is 0 Å². The summed E-state index contributed by atoms with van der Waals surface area (Å²) in [6, 6.07) is 0. The SMILES string of the molecule is CC1Cc2c(c(O)c3c(c2C(C)C(=O)O)OC(C)C3)O1. The first-order valence-electron chi connectivity index (χ1n) is 6.86. The van der Waals surface area contributed by atoms with Crippen LogP contribution >= 0.6 is 0 Å². The summed E-state index contributed by atoms with van der Waals surface area (Å²) in [6.07, 6.45) is 1.05. The van der Waals surface area contributed by atoms with Gasteiger partial charge in [-0.25, -0.2) is 0 Å². The standard InChI is InChI=1S/C15H18O5/c1-6-4-9-11(8(3)15(17)18)13-10(5-7(2)19-13)12(16)14(9)20-6/h6-8,16H,4-5H2,1-3H3,(H,17,18). The van der Waals surface area contributed by atoms with Gasteiger partial charge >= 0.3 is 5.97 Å². The fraction of sp³-hybridized carbons (Fsp3) is 0.533. The van der Waals surface area contributed by atoms with Gasteiger partial charge in [0.05, 0.1) is 5.92 Å². The number of hydrogen-bond donors (Lipinski definition) is 2. The zero-order valence-electron chi connectivity index (χ0n) is 11.8. The molecule has 0 radical (unpaired) electrons. The van der Waals surface area contributed by atoms with Gasteiger partial charge in [0.2, 0.25) is 0 Å². The number of phenolic OH excluding ortho intramolecular Hbond substituents is 1. The number of hydrogen-bond acceptors (Lipinski definition) is 4. The molecule has 0 aliphatic carbocycles. The molecule has 0 amide bonds. The van der Waals surface area contributed by atoms with E-state index in [9.17, 15) is 15.0 Å². The summed E-state index contributed by atoms with van der Waals surface area (Å²) in [5.41, 5.74) is 2.11. The van der Waals surface area contributed by atoms with Gasteiger partial charge < -0.3 is 19.7 Å². The van der Waals surface area contributed by atoms with E-state index in [-0.39, 0.29) is 18.0 Å². The average molecular weight is 278 g/mol. The Bertz CT molecular complexity index is 553. The van der Waals surface area contributed by atoms with E-state index in [1.54, 1.807) is 6.92 Å². The van der Waals surface area contributed by atoms with Crippen LogP contribution in [0.2, 0.25) is 0 Å². The fourth-order valence-electron chi connectivity index (χ4n) is 3.11. The first-order valence-corrected chi connectivity index (χ1v) is 6.86. The lowest BCUT2D eigenvalue weighted by atomic mass is 9.89. The van der Waals surface area contributed by atoms with E-state index >= 15 is 0 Å². The number of phenols is 1. The van der Waals surface area contributed by atoms with Crippen molar-refractivity contribution in [3.63, 3.8) is 0 Å². The molecule has 0 aromatic heterocycles. The van der Waals surface area contributed by atoms with Gasteiger partial charge in [0, 0.05) is 29.5 Å². The number of ether oxygens (including phenoxy) is 2. The maximum atomic E-state index is 11.4. The molecule has 0 saturated heterocycles. The monoisotopic (exact) mass is 278 g/mol. The maximum absolute atomic E-state index is 11.4. The smallest absolute Gasteiger partial charge is 0.310 e. The lowest BCUT2D eigenvalue weighted by molar-refractivity contribution is -0.138. The topological polar surface area (TPSA) is 76.0 Å². The van der Waals surface area contributed by atoms with Crippen molar-refractivity contribution in [2.45, 2.75) is 51.7 Å². The van der Waals surface area contributed by atoms with Crippen LogP contribution in [0.15, 0.2) is 0 Å². The quantitative estimate of drug-likeness (QED) is 0.867. The van der Waals surface area contributed by atoms with E-state index in [0.29, 0.717) is 35.5 Å². The van der Waals surface area contributed by atoms with Crippen LogP contribution in [0.5, 0.6) is 17.2 Å². The molecule has 3 rings (SSSR count). The molecule has 1 aromatic carbocycles. The summed E-state index contributed by atoms with van der Waals surface area (Å²) in [6.45, 7) is 5.46. The van der Waals surface area contributed by atoms with Crippen molar-refractivity contribution in [3.8, 4) is 17.2 Å². The van der Waals surface area contributed by atoms with Crippen LogP contribution in [-0.4, -0.2) is 28.4 Å². The molecule has 2 heterocycles. The third-order valence-electron chi connectivity index (χ3n) is 4.04. The molecule has 5 nitrogen and oxygen atoms in total. The molecule has 0 saturated carbocycles. The molecule has 20 heavy (non-hydrogen) atoms. The minimum Gasteiger partial charge on any atom is -0.504 e. The van der Waals surface area contributed by atoms with Crippen molar-refractivity contribution in [2.75, 3.05) is 0 Å². The van der Waals surface area contributed by atoms with E-state index in [2.05, 4.69) is 0 Å². The Morgan fingerprint density at radius 1 is 1.15 bits per heavy atom. The highest BCUT2D eigenvalue weighted by Crippen LogP contribution is 2.52. The Morgan fingerprint density at radius 3 is 2.30 bits per heavy atom. The van der Waals surface area contributed by atoms with E-state index in [0.717, 1.165) is 5.56 Å². The van der Waals surface area contributed by atoms with Crippen LogP contribution in [0, 0.1) is 0 Å². The summed E-state index contributed by atoms with van der Waals surface area (Å²) in [7, 11) is 0. The molecule has 3 unspecified atom stereocenters. The third kappa shape index (κ3) is 1.72. The normalized spacial score (nSPS) is 24.6. The van der Waals surface area contributed by atoms with Crippen molar-refractivity contribution < 1.29 is 24.5 Å². The molecular formula is C15H18O5. The highest BCUT2D eigenvalue weighted by molar-refractivity contribution is 5.80. The number of carboxylic acid groups (broad SMARTS) is 1. The van der Waals surface area contributed by atoms with Gasteiger partial charge in [0.1, 0.15) is 18.0 Å². The number of aromatic hydroxyl groups is 1. The van der Waals surface area contributed by atoms with E-state index < -0.39 is 11.9 Å². The van der Waals surface area contributed by atoms with Gasteiger partial charge in [0.15, 0.2) is 11.5 Å². The average Bonchev–Trinajstić information content (AvgIpc) is 2.92. The predicted molar refractivity (Wildman–Crippen MR) is 71.7 cm³/mol. The number of fused-ring (bicyclic) bond motifs is 2. The molecular weight excluding hydrogens is 260 g/mol. The number of aliphatic carboxylic acids is 1. The van der Waals surface area contributed by atoms with Crippen LogP contribution in [-0.2, 0) is 17.6 Å². The summed E-state index contributed by atoms with van der Waals surface area (Å²) < 4.78 is 11.4. The first kappa shape index (κ1) is 13.1. The maximum Gasteiger partial charge on any atom is 0.310 e. The molecule has 3 atom stereocenters. The Kier molecular flexibility index (Phi) is 2.81. The van der Waals surface area contributed by atoms with Crippen molar-refractivity contribution >= 4 is 5.97 Å². The van der Waals surface area contributed by atoms with Gasteiger partial charge in [-0.1, -0.05) is 0 Å². The van der Waals surface area contributed by atoms with Gasteiger partial charge in [-0.2, -0.15) is 0 Å². The van der Waals surface area contributed by atoms with E-state index in [4.69, 9.17) is 9.47 Å². The van der Waals surface area contributed by atoms with Crippen molar-refractivity contribution in [2.24, 2.45) is 0 Å². The molecule has 2 aliphatic rings. The van der Waals surface area contributed by atoms with Crippen LogP contribution in [0.3, 0.4) is 0 Å². The second-order valence-electron chi connectivity index (χ2n) is 5.70. The summed E-state index contributed by atoms with van der Waals surface area (Å²) in [5, 5.41) is 19.7. The van der Waals surface area contributed by atoms with Gasteiger partial charge in [-0.05, 0) is 20.8 Å². The number of carboxylic acids is 1. The van der Waals surface area contributed by atoms with Crippen molar-refractivity contribution in [1.82, 2.24) is 0 Å². The fourth-order valence-corrected chi connectivity index (χ4v) is 3.11. The van der Waals surface area contributed by atoms with Crippen LogP contribution in [0.25, 0.3) is 0 Å². The minimum absolute atomic E-state index is 0.0596.